The van der Waals surface area contributed by atoms with Gasteiger partial charge < -0.3 is 15.0 Å². The lowest BCUT2D eigenvalue weighted by Crippen LogP contribution is -2.45. The minimum absolute atomic E-state index is 0.166. The maximum atomic E-state index is 12.5. The van der Waals surface area contributed by atoms with Crippen LogP contribution in [0.5, 0.6) is 0 Å². The second kappa shape index (κ2) is 8.36. The third-order valence-corrected chi connectivity index (χ3v) is 4.70. The van der Waals surface area contributed by atoms with E-state index in [0.29, 0.717) is 17.1 Å². The first-order valence-electron chi connectivity index (χ1n) is 9.64. The number of ether oxygens (including phenoxy) is 1. The lowest BCUT2D eigenvalue weighted by atomic mass is 10.2. The van der Waals surface area contributed by atoms with Crippen LogP contribution in [0.1, 0.15) is 24.2 Å². The SMILES string of the molecule is CC1CN(c2ccc(NC(=O)c3cnc(-c4ccccc4)nc3)cn2)CC(C)O1. The highest BCUT2D eigenvalue weighted by Crippen LogP contribution is 2.20. The van der Waals surface area contributed by atoms with E-state index in [1.165, 1.54) is 12.4 Å². The Labute approximate surface area is 169 Å². The molecule has 0 bridgehead atoms. The molecule has 2 aromatic heterocycles. The standard InChI is InChI=1S/C22H23N5O2/c1-15-13-27(14-16(2)29-15)20-9-8-19(12-23-20)26-22(28)18-10-24-21(25-11-18)17-6-4-3-5-7-17/h3-12,15-16H,13-14H2,1-2H3,(H,26,28). The summed E-state index contributed by atoms with van der Waals surface area (Å²) in [5.74, 6) is 1.19. The number of hydrogen-bond acceptors (Lipinski definition) is 6. The highest BCUT2D eigenvalue weighted by Gasteiger charge is 2.23. The number of carbonyl (C=O) groups is 1. The van der Waals surface area contributed by atoms with Crippen molar-refractivity contribution in [3.63, 3.8) is 0 Å². The number of carbonyl (C=O) groups excluding carboxylic acids is 1. The van der Waals surface area contributed by atoms with Crippen LogP contribution in [-0.2, 0) is 4.74 Å². The zero-order valence-electron chi connectivity index (χ0n) is 16.4. The van der Waals surface area contributed by atoms with Crippen molar-refractivity contribution in [3.8, 4) is 11.4 Å². The number of anilines is 2. The van der Waals surface area contributed by atoms with Gasteiger partial charge in [-0.1, -0.05) is 30.3 Å². The van der Waals surface area contributed by atoms with Crippen LogP contribution in [0.25, 0.3) is 11.4 Å². The topological polar surface area (TPSA) is 80.2 Å². The van der Waals surface area contributed by atoms with Gasteiger partial charge in [-0.15, -0.1) is 0 Å². The van der Waals surface area contributed by atoms with Gasteiger partial charge in [0.25, 0.3) is 5.91 Å². The summed E-state index contributed by atoms with van der Waals surface area (Å²) in [5, 5.41) is 2.84. The van der Waals surface area contributed by atoms with E-state index in [-0.39, 0.29) is 18.1 Å². The number of nitrogens with one attached hydrogen (secondary N) is 1. The molecule has 7 heteroatoms. The quantitative estimate of drug-likeness (QED) is 0.737. The zero-order valence-corrected chi connectivity index (χ0v) is 16.4. The Bertz CT molecular complexity index is 951. The molecule has 1 aliphatic rings. The summed E-state index contributed by atoms with van der Waals surface area (Å²) >= 11 is 0. The zero-order chi connectivity index (χ0) is 20.2. The normalized spacial score (nSPS) is 19.0. The van der Waals surface area contributed by atoms with Crippen LogP contribution in [0.2, 0.25) is 0 Å². The fourth-order valence-electron chi connectivity index (χ4n) is 3.40. The van der Waals surface area contributed by atoms with Crippen LogP contribution in [0.4, 0.5) is 11.5 Å². The Kier molecular flexibility index (Phi) is 5.48. The monoisotopic (exact) mass is 389 g/mol. The molecule has 3 aromatic rings. The first kappa shape index (κ1) is 19.0. The third kappa shape index (κ3) is 4.57. The van der Waals surface area contributed by atoms with Crippen molar-refractivity contribution in [2.75, 3.05) is 23.3 Å². The molecule has 0 spiro atoms. The highest BCUT2D eigenvalue weighted by molar-refractivity contribution is 6.03. The molecule has 1 aliphatic heterocycles. The summed E-state index contributed by atoms with van der Waals surface area (Å²) in [7, 11) is 0. The molecule has 1 aromatic carbocycles. The van der Waals surface area contributed by atoms with Crippen LogP contribution in [0.15, 0.2) is 61.1 Å². The molecule has 2 unspecified atom stereocenters. The molecule has 2 atom stereocenters. The Morgan fingerprint density at radius 2 is 1.66 bits per heavy atom. The predicted octanol–water partition coefficient (Wildman–Crippen LogP) is 3.40. The van der Waals surface area contributed by atoms with E-state index in [2.05, 4.69) is 39.0 Å². The number of morpholine rings is 1. The Morgan fingerprint density at radius 3 is 2.28 bits per heavy atom. The van der Waals surface area contributed by atoms with Crippen LogP contribution in [-0.4, -0.2) is 46.2 Å². The van der Waals surface area contributed by atoms with Gasteiger partial charge in [-0.25, -0.2) is 15.0 Å². The Hall–Kier alpha value is -3.32. The molecule has 3 heterocycles. The molecule has 0 saturated carbocycles. The summed E-state index contributed by atoms with van der Waals surface area (Å²) in [5.41, 5.74) is 1.93. The minimum atomic E-state index is -0.271. The van der Waals surface area contributed by atoms with Gasteiger partial charge in [0, 0.05) is 31.0 Å². The van der Waals surface area contributed by atoms with Crippen molar-refractivity contribution in [3.05, 3.63) is 66.6 Å². The molecule has 0 radical (unpaired) electrons. The van der Waals surface area contributed by atoms with E-state index in [4.69, 9.17) is 4.74 Å². The maximum absolute atomic E-state index is 12.5. The lowest BCUT2D eigenvalue weighted by molar-refractivity contribution is -0.00545. The fourth-order valence-corrected chi connectivity index (χ4v) is 3.40. The molecule has 4 rings (SSSR count). The van der Waals surface area contributed by atoms with Gasteiger partial charge in [-0.2, -0.15) is 0 Å². The Balaban J connectivity index is 1.41. The third-order valence-electron chi connectivity index (χ3n) is 4.70. The minimum Gasteiger partial charge on any atom is -0.372 e. The van der Waals surface area contributed by atoms with Gasteiger partial charge in [-0.3, -0.25) is 4.79 Å². The number of nitrogens with zero attached hydrogens (tertiary/aromatic N) is 4. The summed E-state index contributed by atoms with van der Waals surface area (Å²) in [6.07, 6.45) is 5.06. The van der Waals surface area contributed by atoms with Crippen LogP contribution < -0.4 is 10.2 Å². The summed E-state index contributed by atoms with van der Waals surface area (Å²) in [6.45, 7) is 5.72. The summed E-state index contributed by atoms with van der Waals surface area (Å²) in [4.78, 5) is 27.8. The van der Waals surface area contributed by atoms with Gasteiger partial charge in [0.05, 0.1) is 29.7 Å². The molecule has 148 valence electrons. The average Bonchev–Trinajstić information content (AvgIpc) is 2.74. The Morgan fingerprint density at radius 1 is 0.966 bits per heavy atom. The number of rotatable bonds is 4. The smallest absolute Gasteiger partial charge is 0.258 e. The molecule has 7 nitrogen and oxygen atoms in total. The predicted molar refractivity (Wildman–Crippen MR) is 112 cm³/mol. The van der Waals surface area contributed by atoms with E-state index in [9.17, 15) is 4.79 Å². The fraction of sp³-hybridized carbons (Fsp3) is 0.273. The summed E-state index contributed by atoms with van der Waals surface area (Å²) < 4.78 is 5.76. The van der Waals surface area contributed by atoms with Gasteiger partial charge in [-0.05, 0) is 26.0 Å². The molecular weight excluding hydrogens is 366 g/mol. The van der Waals surface area contributed by atoms with Gasteiger partial charge >= 0.3 is 0 Å². The maximum Gasteiger partial charge on any atom is 0.258 e. The molecule has 1 N–H and O–H groups in total. The molecule has 1 amide bonds. The molecule has 29 heavy (non-hydrogen) atoms. The van der Waals surface area contributed by atoms with E-state index < -0.39 is 0 Å². The van der Waals surface area contributed by atoms with Gasteiger partial charge in [0.15, 0.2) is 5.82 Å². The van der Waals surface area contributed by atoms with Crippen molar-refractivity contribution >= 4 is 17.4 Å². The number of pyridine rings is 1. The van der Waals surface area contributed by atoms with Crippen molar-refractivity contribution in [2.24, 2.45) is 0 Å². The largest absolute Gasteiger partial charge is 0.372 e. The second-order valence-electron chi connectivity index (χ2n) is 7.18. The molecule has 1 saturated heterocycles. The number of amides is 1. The average molecular weight is 389 g/mol. The number of aromatic nitrogens is 3. The highest BCUT2D eigenvalue weighted by atomic mass is 16.5. The van der Waals surface area contributed by atoms with Crippen molar-refractivity contribution in [1.29, 1.82) is 0 Å². The van der Waals surface area contributed by atoms with E-state index in [1.54, 1.807) is 6.20 Å². The van der Waals surface area contributed by atoms with Crippen LogP contribution >= 0.6 is 0 Å². The van der Waals surface area contributed by atoms with Crippen LogP contribution in [0, 0.1) is 0 Å². The molecular formula is C22H23N5O2. The van der Waals surface area contributed by atoms with E-state index in [0.717, 1.165) is 24.5 Å². The van der Waals surface area contributed by atoms with Crippen LogP contribution in [0.3, 0.4) is 0 Å². The van der Waals surface area contributed by atoms with Crippen molar-refractivity contribution < 1.29 is 9.53 Å². The van der Waals surface area contributed by atoms with Gasteiger partial charge in [0.2, 0.25) is 0 Å². The van der Waals surface area contributed by atoms with Crippen molar-refractivity contribution in [2.45, 2.75) is 26.1 Å². The molecule has 0 aliphatic carbocycles. The second-order valence-corrected chi connectivity index (χ2v) is 7.18. The number of benzene rings is 1. The van der Waals surface area contributed by atoms with Crippen molar-refractivity contribution in [1.82, 2.24) is 15.0 Å². The first-order chi connectivity index (χ1) is 14.1. The molecule has 1 fully saturated rings. The van der Waals surface area contributed by atoms with E-state index >= 15 is 0 Å². The van der Waals surface area contributed by atoms with E-state index in [1.807, 2.05) is 42.5 Å². The lowest BCUT2D eigenvalue weighted by Gasteiger charge is -2.36. The number of hydrogen-bond donors (Lipinski definition) is 1. The summed E-state index contributed by atoms with van der Waals surface area (Å²) in [6, 6.07) is 13.4. The van der Waals surface area contributed by atoms with Gasteiger partial charge in [0.1, 0.15) is 5.82 Å². The first-order valence-corrected chi connectivity index (χ1v) is 9.64.